The molecule has 0 aliphatic heterocycles. The van der Waals surface area contributed by atoms with Crippen molar-refractivity contribution in [2.45, 2.75) is 26.7 Å². The molecular weight excluding hydrogens is 280 g/mol. The van der Waals surface area contributed by atoms with Crippen LogP contribution in [0.25, 0.3) is 21.5 Å². The first-order valence-electron chi connectivity index (χ1n) is 7.30. The molecule has 2 heterocycles. The number of rotatable bonds is 5. The van der Waals surface area contributed by atoms with Crippen molar-refractivity contribution < 1.29 is 4.79 Å². The lowest BCUT2D eigenvalue weighted by Gasteiger charge is -2.08. The molecule has 0 spiro atoms. The maximum Gasteiger partial charge on any atom is 0.177 e. The molecule has 108 valence electrons. The summed E-state index contributed by atoms with van der Waals surface area (Å²) >= 11 is 1.49. The highest BCUT2D eigenvalue weighted by atomic mass is 32.1. The minimum absolute atomic E-state index is 0.116. The van der Waals surface area contributed by atoms with Gasteiger partial charge in [-0.2, -0.15) is 0 Å². The fraction of sp³-hybridized carbons (Fsp3) is 0.294. The molecule has 1 N–H and O–H groups in total. The molecule has 0 aliphatic carbocycles. The van der Waals surface area contributed by atoms with Crippen LogP contribution >= 0.6 is 11.3 Å². The molecule has 3 nitrogen and oxygen atoms in total. The van der Waals surface area contributed by atoms with E-state index in [-0.39, 0.29) is 11.7 Å². The van der Waals surface area contributed by atoms with Crippen molar-refractivity contribution in [2.75, 3.05) is 0 Å². The Morgan fingerprint density at radius 1 is 1.29 bits per heavy atom. The van der Waals surface area contributed by atoms with Gasteiger partial charge in [-0.1, -0.05) is 13.8 Å². The third kappa shape index (κ3) is 2.63. The maximum absolute atomic E-state index is 12.4. The van der Waals surface area contributed by atoms with E-state index in [1.54, 1.807) is 6.20 Å². The van der Waals surface area contributed by atoms with Crippen LogP contribution in [0.5, 0.6) is 0 Å². The highest BCUT2D eigenvalue weighted by Crippen LogP contribution is 2.29. The number of H-pyrrole nitrogens is 1. The first-order valence-corrected chi connectivity index (χ1v) is 8.12. The van der Waals surface area contributed by atoms with Gasteiger partial charge in [0.2, 0.25) is 0 Å². The number of nitrogens with zero attached hydrogens (tertiary/aromatic N) is 1. The first kappa shape index (κ1) is 14.0. The van der Waals surface area contributed by atoms with Crippen LogP contribution in [0.3, 0.4) is 0 Å². The summed E-state index contributed by atoms with van der Waals surface area (Å²) in [7, 11) is 0. The SMILES string of the molecule is CCC(CC)C(=O)c1cnc(-c2ccc3[nH]ccc3c2)s1. The minimum Gasteiger partial charge on any atom is -0.361 e. The molecule has 21 heavy (non-hydrogen) atoms. The van der Waals surface area contributed by atoms with Gasteiger partial charge in [0.15, 0.2) is 5.78 Å². The molecule has 0 atom stereocenters. The van der Waals surface area contributed by atoms with E-state index in [2.05, 4.69) is 35.9 Å². The van der Waals surface area contributed by atoms with Crippen molar-refractivity contribution in [1.29, 1.82) is 0 Å². The summed E-state index contributed by atoms with van der Waals surface area (Å²) in [6.45, 7) is 4.13. The van der Waals surface area contributed by atoms with Gasteiger partial charge in [0.25, 0.3) is 0 Å². The molecule has 0 radical (unpaired) electrons. The standard InChI is InChI=1S/C17H18N2OS/c1-3-11(4-2)16(20)15-10-19-17(21-15)13-5-6-14-12(9-13)7-8-18-14/h5-11,18H,3-4H2,1-2H3. The average Bonchev–Trinajstić information content (AvgIpc) is 3.16. The molecule has 1 aromatic carbocycles. The topological polar surface area (TPSA) is 45.8 Å². The Bertz CT molecular complexity index is 768. The van der Waals surface area contributed by atoms with Gasteiger partial charge in [0.05, 0.1) is 4.88 Å². The summed E-state index contributed by atoms with van der Waals surface area (Å²) in [4.78, 5) is 20.8. The number of aromatic amines is 1. The van der Waals surface area contributed by atoms with Crippen molar-refractivity contribution in [3.8, 4) is 10.6 Å². The highest BCUT2D eigenvalue weighted by molar-refractivity contribution is 7.17. The number of carbonyl (C=O) groups excluding carboxylic acids is 1. The number of hydrogen-bond donors (Lipinski definition) is 1. The Morgan fingerprint density at radius 3 is 2.86 bits per heavy atom. The Morgan fingerprint density at radius 2 is 2.10 bits per heavy atom. The molecule has 0 aliphatic rings. The number of Topliss-reactive ketones (excluding diaryl/α,β-unsaturated/α-hetero) is 1. The molecule has 0 amide bonds. The Hall–Kier alpha value is -1.94. The molecule has 0 saturated heterocycles. The summed E-state index contributed by atoms with van der Waals surface area (Å²) < 4.78 is 0. The molecule has 3 rings (SSSR count). The summed E-state index contributed by atoms with van der Waals surface area (Å²) in [5, 5.41) is 2.07. The van der Waals surface area contributed by atoms with E-state index in [9.17, 15) is 4.79 Å². The smallest absolute Gasteiger partial charge is 0.177 e. The fourth-order valence-electron chi connectivity index (χ4n) is 2.57. The van der Waals surface area contributed by atoms with Crippen LogP contribution in [0.4, 0.5) is 0 Å². The third-order valence-corrected chi connectivity index (χ3v) is 4.97. The number of fused-ring (bicyclic) bond motifs is 1. The summed E-state index contributed by atoms with van der Waals surface area (Å²) in [6.07, 6.45) is 5.43. The van der Waals surface area contributed by atoms with Crippen LogP contribution < -0.4 is 0 Å². The number of ketones is 1. The van der Waals surface area contributed by atoms with E-state index < -0.39 is 0 Å². The van der Waals surface area contributed by atoms with E-state index in [1.807, 2.05) is 18.3 Å². The van der Waals surface area contributed by atoms with E-state index in [0.717, 1.165) is 39.2 Å². The van der Waals surface area contributed by atoms with Crippen molar-refractivity contribution in [3.05, 3.63) is 41.5 Å². The van der Waals surface area contributed by atoms with Crippen LogP contribution in [0.15, 0.2) is 36.7 Å². The summed E-state index contributed by atoms with van der Waals surface area (Å²) in [5.41, 5.74) is 2.18. The number of nitrogens with one attached hydrogen (secondary N) is 1. The van der Waals surface area contributed by atoms with Gasteiger partial charge in [-0.05, 0) is 37.1 Å². The normalized spacial score (nSPS) is 11.4. The van der Waals surface area contributed by atoms with Gasteiger partial charge in [-0.15, -0.1) is 11.3 Å². The monoisotopic (exact) mass is 298 g/mol. The summed E-state index contributed by atoms with van der Waals surface area (Å²) in [5.74, 6) is 0.344. The van der Waals surface area contributed by atoms with Crippen molar-refractivity contribution >= 4 is 28.0 Å². The summed E-state index contributed by atoms with van der Waals surface area (Å²) in [6, 6.07) is 8.25. The number of carbonyl (C=O) groups is 1. The zero-order valence-corrected chi connectivity index (χ0v) is 13.0. The van der Waals surface area contributed by atoms with Crippen LogP contribution in [0.2, 0.25) is 0 Å². The van der Waals surface area contributed by atoms with Gasteiger partial charge in [0.1, 0.15) is 5.01 Å². The lowest BCUT2D eigenvalue weighted by atomic mass is 9.98. The van der Waals surface area contributed by atoms with Crippen molar-refractivity contribution in [2.24, 2.45) is 5.92 Å². The van der Waals surface area contributed by atoms with E-state index in [0.29, 0.717) is 0 Å². The van der Waals surface area contributed by atoms with Gasteiger partial charge < -0.3 is 4.98 Å². The van der Waals surface area contributed by atoms with Gasteiger partial charge in [0, 0.05) is 34.8 Å². The Kier molecular flexibility index (Phi) is 3.88. The quantitative estimate of drug-likeness (QED) is 0.680. The number of thiazole rings is 1. The van der Waals surface area contributed by atoms with Gasteiger partial charge in [-0.25, -0.2) is 4.98 Å². The number of hydrogen-bond acceptors (Lipinski definition) is 3. The lowest BCUT2D eigenvalue weighted by Crippen LogP contribution is -2.11. The second kappa shape index (κ2) is 5.82. The van der Waals surface area contributed by atoms with E-state index in [4.69, 9.17) is 0 Å². The predicted molar refractivity (Wildman–Crippen MR) is 87.8 cm³/mol. The molecule has 4 heteroatoms. The molecule has 0 saturated carbocycles. The largest absolute Gasteiger partial charge is 0.361 e. The highest BCUT2D eigenvalue weighted by Gasteiger charge is 2.19. The number of aromatic nitrogens is 2. The van der Waals surface area contributed by atoms with E-state index >= 15 is 0 Å². The second-order valence-corrected chi connectivity index (χ2v) is 6.22. The maximum atomic E-state index is 12.4. The zero-order valence-electron chi connectivity index (χ0n) is 12.2. The van der Waals surface area contributed by atoms with Crippen LogP contribution in [-0.4, -0.2) is 15.8 Å². The zero-order chi connectivity index (χ0) is 14.8. The molecular formula is C17H18N2OS. The molecule has 3 aromatic rings. The fourth-order valence-corrected chi connectivity index (χ4v) is 3.50. The van der Waals surface area contributed by atoms with Crippen LogP contribution in [-0.2, 0) is 0 Å². The molecule has 0 unspecified atom stereocenters. The van der Waals surface area contributed by atoms with Crippen LogP contribution in [0, 0.1) is 5.92 Å². The molecule has 0 fully saturated rings. The number of benzene rings is 1. The van der Waals surface area contributed by atoms with Gasteiger partial charge in [-0.3, -0.25) is 4.79 Å². The Balaban J connectivity index is 1.92. The molecule has 0 bridgehead atoms. The predicted octanol–water partition coefficient (Wildman–Crippen LogP) is 4.91. The first-order chi connectivity index (χ1) is 10.2. The van der Waals surface area contributed by atoms with Crippen LogP contribution in [0.1, 0.15) is 36.4 Å². The van der Waals surface area contributed by atoms with Crippen molar-refractivity contribution in [3.63, 3.8) is 0 Å². The average molecular weight is 298 g/mol. The van der Waals surface area contributed by atoms with Gasteiger partial charge >= 0.3 is 0 Å². The lowest BCUT2D eigenvalue weighted by molar-refractivity contribution is 0.0917. The second-order valence-electron chi connectivity index (χ2n) is 5.19. The van der Waals surface area contributed by atoms with Crippen molar-refractivity contribution in [1.82, 2.24) is 9.97 Å². The minimum atomic E-state index is 0.116. The molecule has 2 aromatic heterocycles. The van der Waals surface area contributed by atoms with E-state index in [1.165, 1.54) is 11.3 Å². The Labute approximate surface area is 128 Å². The third-order valence-electron chi connectivity index (χ3n) is 3.91.